The third kappa shape index (κ3) is 4.75. The number of allylic oxidation sites excluding steroid dienone is 1. The quantitative estimate of drug-likeness (QED) is 0.487. The minimum atomic E-state index is -4.64. The second kappa shape index (κ2) is 5.88. The summed E-state index contributed by atoms with van der Waals surface area (Å²) in [4.78, 5) is 21.8. The maximum absolute atomic E-state index is 12.5. The maximum atomic E-state index is 12.5. The highest BCUT2D eigenvalue weighted by Gasteiger charge is 2.33. The number of carbonyl (C=O) groups is 2. The number of rotatable bonds is 3. The summed E-state index contributed by atoms with van der Waals surface area (Å²) in [6, 6.07) is 2.71. The number of hydrogen-bond donors (Lipinski definition) is 0. The van der Waals surface area contributed by atoms with Gasteiger partial charge in [-0.25, -0.2) is 4.79 Å². The van der Waals surface area contributed by atoms with E-state index in [9.17, 15) is 22.8 Å². The van der Waals surface area contributed by atoms with E-state index in [1.54, 1.807) is 0 Å². The molecule has 0 heterocycles. The topological polar surface area (TPSA) is 43.4 Å². The Morgan fingerprint density at radius 1 is 1.26 bits per heavy atom. The van der Waals surface area contributed by atoms with Crippen molar-refractivity contribution in [2.45, 2.75) is 13.1 Å². The molecule has 3 nitrogen and oxygen atoms in total. The Morgan fingerprint density at radius 3 is 2.42 bits per heavy atom. The van der Waals surface area contributed by atoms with Gasteiger partial charge in [-0.2, -0.15) is 13.2 Å². The Bertz CT molecular complexity index is 536. The lowest BCUT2D eigenvalue weighted by Crippen LogP contribution is -2.08. The van der Waals surface area contributed by atoms with Crippen LogP contribution >= 0.6 is 11.6 Å². The van der Waals surface area contributed by atoms with Crippen molar-refractivity contribution in [3.05, 3.63) is 40.9 Å². The fraction of sp³-hybridized carbons (Fsp3) is 0.167. The van der Waals surface area contributed by atoms with Gasteiger partial charge >= 0.3 is 12.1 Å². The lowest BCUT2D eigenvalue weighted by atomic mass is 10.2. The van der Waals surface area contributed by atoms with Gasteiger partial charge in [-0.15, -0.1) is 0 Å². The first-order valence-corrected chi connectivity index (χ1v) is 5.35. The zero-order valence-electron chi connectivity index (χ0n) is 9.62. The van der Waals surface area contributed by atoms with Crippen molar-refractivity contribution in [2.75, 3.05) is 0 Å². The van der Waals surface area contributed by atoms with Gasteiger partial charge in [0.1, 0.15) is 5.75 Å². The predicted molar refractivity (Wildman–Crippen MR) is 61.9 cm³/mol. The van der Waals surface area contributed by atoms with Gasteiger partial charge in [-0.05, 0) is 31.2 Å². The van der Waals surface area contributed by atoms with Gasteiger partial charge in [0.05, 0.1) is 10.6 Å². The van der Waals surface area contributed by atoms with Crippen LogP contribution in [0.1, 0.15) is 12.5 Å². The predicted octanol–water partition coefficient (Wildman–Crippen LogP) is 3.41. The summed E-state index contributed by atoms with van der Waals surface area (Å²) in [5.74, 6) is -1.65. The average molecular weight is 293 g/mol. The Morgan fingerprint density at radius 2 is 1.89 bits per heavy atom. The molecule has 0 spiro atoms. The molecule has 0 atom stereocenters. The zero-order chi connectivity index (χ0) is 14.6. The van der Waals surface area contributed by atoms with Gasteiger partial charge in [-0.3, -0.25) is 4.79 Å². The van der Waals surface area contributed by atoms with E-state index < -0.39 is 22.7 Å². The molecular weight excluding hydrogens is 285 g/mol. The number of esters is 1. The van der Waals surface area contributed by atoms with Gasteiger partial charge in [0.15, 0.2) is 5.78 Å². The molecule has 1 aromatic rings. The summed E-state index contributed by atoms with van der Waals surface area (Å²) in [5, 5.41) is -0.494. The van der Waals surface area contributed by atoms with Crippen LogP contribution in [0.15, 0.2) is 30.4 Å². The Labute approximate surface area is 111 Å². The van der Waals surface area contributed by atoms with Crippen molar-refractivity contribution >= 4 is 23.4 Å². The van der Waals surface area contributed by atoms with Crippen molar-refractivity contribution in [2.24, 2.45) is 0 Å². The first-order valence-electron chi connectivity index (χ1n) is 4.97. The normalized spacial score (nSPS) is 11.6. The molecule has 0 fully saturated rings. The summed E-state index contributed by atoms with van der Waals surface area (Å²) in [6.45, 7) is 1.22. The molecule has 19 heavy (non-hydrogen) atoms. The van der Waals surface area contributed by atoms with Crippen LogP contribution in [0, 0.1) is 0 Å². The molecule has 0 aliphatic rings. The van der Waals surface area contributed by atoms with E-state index in [1.807, 2.05) is 0 Å². The van der Waals surface area contributed by atoms with Crippen molar-refractivity contribution < 1.29 is 27.5 Å². The monoisotopic (exact) mass is 292 g/mol. The highest BCUT2D eigenvalue weighted by atomic mass is 35.5. The Balaban J connectivity index is 2.92. The highest BCUT2D eigenvalue weighted by molar-refractivity contribution is 6.31. The SMILES string of the molecule is CC(=O)C=CC(=O)Oc1ccc(Cl)c(C(F)(F)F)c1. The van der Waals surface area contributed by atoms with Crippen LogP contribution in [0.25, 0.3) is 0 Å². The molecule has 0 amide bonds. The lowest BCUT2D eigenvalue weighted by molar-refractivity contribution is -0.138. The van der Waals surface area contributed by atoms with E-state index in [4.69, 9.17) is 11.6 Å². The van der Waals surface area contributed by atoms with E-state index in [0.29, 0.717) is 6.07 Å². The van der Waals surface area contributed by atoms with E-state index >= 15 is 0 Å². The van der Waals surface area contributed by atoms with Crippen LogP contribution in [0.3, 0.4) is 0 Å². The van der Waals surface area contributed by atoms with Crippen LogP contribution < -0.4 is 4.74 Å². The van der Waals surface area contributed by atoms with E-state index in [1.165, 1.54) is 6.92 Å². The first kappa shape index (κ1) is 15.2. The molecule has 7 heteroatoms. The van der Waals surface area contributed by atoms with Gasteiger partial charge in [0.25, 0.3) is 0 Å². The third-order valence-corrected chi connectivity index (χ3v) is 2.25. The summed E-state index contributed by atoms with van der Waals surface area (Å²) in [6.07, 6.45) is -2.87. The summed E-state index contributed by atoms with van der Waals surface area (Å²) in [5.41, 5.74) is -1.10. The molecule has 102 valence electrons. The molecule has 0 bridgehead atoms. The first-order chi connectivity index (χ1) is 8.70. The van der Waals surface area contributed by atoms with Gasteiger partial charge in [-0.1, -0.05) is 11.6 Å². The highest BCUT2D eigenvalue weighted by Crippen LogP contribution is 2.36. The standard InChI is InChI=1S/C12H8ClF3O3/c1-7(17)2-5-11(18)19-8-3-4-10(13)9(6-8)12(14,15)16/h2-6H,1H3. The number of hydrogen-bond acceptors (Lipinski definition) is 3. The summed E-state index contributed by atoms with van der Waals surface area (Å²) < 4.78 is 42.2. The van der Waals surface area contributed by atoms with Crippen LogP contribution in [0.4, 0.5) is 13.2 Å². The summed E-state index contributed by atoms with van der Waals surface area (Å²) >= 11 is 5.40. The molecule has 1 rings (SSSR count). The zero-order valence-corrected chi connectivity index (χ0v) is 10.4. The van der Waals surface area contributed by atoms with Crippen LogP contribution in [0.5, 0.6) is 5.75 Å². The molecule has 0 aromatic heterocycles. The third-order valence-electron chi connectivity index (χ3n) is 1.92. The lowest BCUT2D eigenvalue weighted by Gasteiger charge is -2.10. The molecular formula is C12H8ClF3O3. The van der Waals surface area contributed by atoms with E-state index in [2.05, 4.69) is 4.74 Å². The van der Waals surface area contributed by atoms with Crippen molar-refractivity contribution in [1.29, 1.82) is 0 Å². The molecule has 0 aliphatic heterocycles. The molecule has 0 saturated heterocycles. The molecule has 0 aliphatic carbocycles. The van der Waals surface area contributed by atoms with Crippen LogP contribution in [0.2, 0.25) is 5.02 Å². The molecule has 0 unspecified atom stereocenters. The number of ether oxygens (including phenoxy) is 1. The number of carbonyl (C=O) groups excluding carboxylic acids is 2. The number of benzene rings is 1. The van der Waals surface area contributed by atoms with Crippen molar-refractivity contribution in [1.82, 2.24) is 0 Å². The minimum absolute atomic E-state index is 0.310. The number of alkyl halides is 3. The largest absolute Gasteiger partial charge is 0.423 e. The number of halogens is 4. The maximum Gasteiger partial charge on any atom is 0.417 e. The minimum Gasteiger partial charge on any atom is -0.423 e. The van der Waals surface area contributed by atoms with Crippen molar-refractivity contribution in [3.63, 3.8) is 0 Å². The number of ketones is 1. The molecule has 0 saturated carbocycles. The summed E-state index contributed by atoms with van der Waals surface area (Å²) in [7, 11) is 0. The van der Waals surface area contributed by atoms with Crippen LogP contribution in [-0.2, 0) is 15.8 Å². The van der Waals surface area contributed by atoms with E-state index in [0.717, 1.165) is 24.3 Å². The van der Waals surface area contributed by atoms with Gasteiger partial charge in [0.2, 0.25) is 0 Å². The fourth-order valence-corrected chi connectivity index (χ4v) is 1.35. The molecule has 0 N–H and O–H groups in total. The average Bonchev–Trinajstić information content (AvgIpc) is 2.27. The van der Waals surface area contributed by atoms with Gasteiger partial charge < -0.3 is 4.74 Å². The van der Waals surface area contributed by atoms with Crippen molar-refractivity contribution in [3.8, 4) is 5.75 Å². The molecule has 0 radical (unpaired) electrons. The fourth-order valence-electron chi connectivity index (χ4n) is 1.12. The van der Waals surface area contributed by atoms with Crippen LogP contribution in [-0.4, -0.2) is 11.8 Å². The van der Waals surface area contributed by atoms with E-state index in [-0.39, 0.29) is 11.5 Å². The second-order valence-corrected chi connectivity index (χ2v) is 3.91. The Kier molecular flexibility index (Phi) is 4.72. The second-order valence-electron chi connectivity index (χ2n) is 3.50. The van der Waals surface area contributed by atoms with Gasteiger partial charge in [0, 0.05) is 6.08 Å². The molecule has 1 aromatic carbocycles. The Hall–Kier alpha value is -1.82. The smallest absolute Gasteiger partial charge is 0.417 e.